The van der Waals surface area contributed by atoms with Gasteiger partial charge < -0.3 is 14.7 Å². The smallest absolute Gasteiger partial charge is 0.271 e. The molecule has 0 saturated carbocycles. The summed E-state index contributed by atoms with van der Waals surface area (Å²) in [5.41, 5.74) is 5.38. The van der Waals surface area contributed by atoms with Gasteiger partial charge in [-0.3, -0.25) is 4.79 Å². The highest BCUT2D eigenvalue weighted by Gasteiger charge is 2.06. The van der Waals surface area contributed by atoms with Crippen molar-refractivity contribution >= 4 is 35.4 Å². The first-order valence-electron chi connectivity index (χ1n) is 6.86. The third kappa shape index (κ3) is 3.29. The van der Waals surface area contributed by atoms with E-state index < -0.39 is 0 Å². The molecule has 0 radical (unpaired) electrons. The van der Waals surface area contributed by atoms with E-state index in [1.54, 1.807) is 31.5 Å². The Balaban J connectivity index is 1.75. The molecule has 1 aromatic heterocycles. The summed E-state index contributed by atoms with van der Waals surface area (Å²) < 4.78 is 5.74. The molecular weight excluding hydrogens is 312 g/mol. The van der Waals surface area contributed by atoms with Crippen LogP contribution in [-0.4, -0.2) is 29.2 Å². The summed E-state index contributed by atoms with van der Waals surface area (Å²) in [6.07, 6.45) is 1.54. The maximum Gasteiger partial charge on any atom is 0.271 e. The fraction of sp³-hybridized carbons (Fsp3) is 0.0625. The summed E-state index contributed by atoms with van der Waals surface area (Å²) in [6.45, 7) is 0. The zero-order valence-corrected chi connectivity index (χ0v) is 13.1. The third-order valence-electron chi connectivity index (χ3n) is 3.29. The Hall–Kier alpha value is -2.93. The lowest BCUT2D eigenvalue weighted by Crippen LogP contribution is -2.17. The lowest BCUT2D eigenvalue weighted by molar-refractivity contribution is 0.0955. The number of benzene rings is 2. The Morgan fingerprint density at radius 1 is 1.22 bits per heavy atom. The van der Waals surface area contributed by atoms with E-state index in [9.17, 15) is 4.79 Å². The predicted molar refractivity (Wildman–Crippen MR) is 91.5 cm³/mol. The van der Waals surface area contributed by atoms with Crippen molar-refractivity contribution in [2.75, 3.05) is 7.11 Å². The Bertz CT molecular complexity index is 942. The van der Waals surface area contributed by atoms with Crippen LogP contribution < -0.4 is 10.2 Å². The quantitative estimate of drug-likeness (QED) is 0.391. The maximum absolute atomic E-state index is 12.1. The Kier molecular flexibility index (Phi) is 4.20. The zero-order valence-electron chi connectivity index (χ0n) is 12.3. The SMILES string of the molecule is COc1ccccc1/C=N\NC(=O)c1ccc2[nH]c(=S)[nH]c2c1. The first kappa shape index (κ1) is 15.0. The van der Waals surface area contributed by atoms with Crippen molar-refractivity contribution in [1.82, 2.24) is 15.4 Å². The second kappa shape index (κ2) is 6.45. The molecule has 0 aliphatic carbocycles. The topological polar surface area (TPSA) is 82.3 Å². The van der Waals surface area contributed by atoms with E-state index >= 15 is 0 Å². The molecule has 0 bridgehead atoms. The first-order valence-corrected chi connectivity index (χ1v) is 7.26. The minimum atomic E-state index is -0.307. The minimum Gasteiger partial charge on any atom is -0.496 e. The molecule has 0 saturated heterocycles. The molecule has 1 heterocycles. The van der Waals surface area contributed by atoms with Gasteiger partial charge in [0.15, 0.2) is 4.77 Å². The van der Waals surface area contributed by atoms with E-state index in [4.69, 9.17) is 17.0 Å². The summed E-state index contributed by atoms with van der Waals surface area (Å²) in [5.74, 6) is 0.380. The maximum atomic E-state index is 12.1. The third-order valence-corrected chi connectivity index (χ3v) is 3.49. The molecule has 0 fully saturated rings. The number of aromatic amines is 2. The fourth-order valence-electron chi connectivity index (χ4n) is 2.17. The van der Waals surface area contributed by atoms with Gasteiger partial charge in [-0.1, -0.05) is 12.1 Å². The van der Waals surface area contributed by atoms with E-state index in [1.807, 2.05) is 24.3 Å². The average molecular weight is 326 g/mol. The number of carbonyl (C=O) groups is 1. The van der Waals surface area contributed by atoms with E-state index in [0.29, 0.717) is 16.1 Å². The van der Waals surface area contributed by atoms with Gasteiger partial charge >= 0.3 is 0 Å². The molecule has 0 aliphatic rings. The van der Waals surface area contributed by atoms with Crippen LogP contribution in [0.1, 0.15) is 15.9 Å². The van der Waals surface area contributed by atoms with Gasteiger partial charge in [0, 0.05) is 11.1 Å². The van der Waals surface area contributed by atoms with Crippen LogP contribution in [0.5, 0.6) is 5.75 Å². The molecule has 3 aromatic rings. The number of hydrogen-bond acceptors (Lipinski definition) is 4. The Labute approximate surface area is 137 Å². The van der Waals surface area contributed by atoms with Crippen LogP contribution >= 0.6 is 12.2 Å². The second-order valence-electron chi connectivity index (χ2n) is 4.78. The highest BCUT2D eigenvalue weighted by atomic mass is 32.1. The number of amides is 1. The molecule has 0 aliphatic heterocycles. The molecule has 3 rings (SSSR count). The van der Waals surface area contributed by atoms with Gasteiger partial charge in [0.1, 0.15) is 5.75 Å². The van der Waals surface area contributed by atoms with Gasteiger partial charge in [-0.05, 0) is 42.5 Å². The number of rotatable bonds is 4. The number of carbonyl (C=O) groups excluding carboxylic acids is 1. The number of methoxy groups -OCH3 is 1. The molecule has 23 heavy (non-hydrogen) atoms. The second-order valence-corrected chi connectivity index (χ2v) is 5.19. The van der Waals surface area contributed by atoms with Gasteiger partial charge in [-0.25, -0.2) is 5.43 Å². The summed E-state index contributed by atoms with van der Waals surface area (Å²) in [7, 11) is 1.58. The number of aromatic nitrogens is 2. The van der Waals surface area contributed by atoms with E-state index in [2.05, 4.69) is 20.5 Å². The van der Waals surface area contributed by atoms with Gasteiger partial charge in [-0.15, -0.1) is 0 Å². The molecule has 7 heteroatoms. The standard InChI is InChI=1S/C16H14N4O2S/c1-22-14-5-3-2-4-11(14)9-17-20-15(21)10-6-7-12-13(8-10)19-16(23)18-12/h2-9H,1H3,(H,20,21)(H2,18,19,23)/b17-9-. The molecule has 116 valence electrons. The molecule has 3 N–H and O–H groups in total. The van der Waals surface area contributed by atoms with Crippen LogP contribution in [0.25, 0.3) is 11.0 Å². The van der Waals surface area contributed by atoms with Gasteiger partial charge in [0.2, 0.25) is 0 Å². The van der Waals surface area contributed by atoms with Crippen molar-refractivity contribution in [3.05, 3.63) is 58.4 Å². The average Bonchev–Trinajstić information content (AvgIpc) is 2.94. The number of hydrogen-bond donors (Lipinski definition) is 3. The molecule has 0 unspecified atom stereocenters. The van der Waals surface area contributed by atoms with Crippen LogP contribution in [0.3, 0.4) is 0 Å². The molecular formula is C16H14N4O2S. The van der Waals surface area contributed by atoms with Crippen molar-refractivity contribution < 1.29 is 9.53 Å². The van der Waals surface area contributed by atoms with Crippen molar-refractivity contribution in [3.63, 3.8) is 0 Å². The van der Waals surface area contributed by atoms with Crippen LogP contribution in [0.2, 0.25) is 0 Å². The van der Waals surface area contributed by atoms with Crippen LogP contribution in [-0.2, 0) is 0 Å². The molecule has 0 atom stereocenters. The Morgan fingerprint density at radius 3 is 2.83 bits per heavy atom. The van der Waals surface area contributed by atoms with E-state index in [-0.39, 0.29) is 5.91 Å². The van der Waals surface area contributed by atoms with Crippen LogP contribution in [0.4, 0.5) is 0 Å². The monoisotopic (exact) mass is 326 g/mol. The number of fused-ring (bicyclic) bond motifs is 1. The van der Waals surface area contributed by atoms with Crippen molar-refractivity contribution in [2.45, 2.75) is 0 Å². The number of ether oxygens (including phenoxy) is 1. The lowest BCUT2D eigenvalue weighted by atomic mass is 10.2. The number of para-hydroxylation sites is 1. The Morgan fingerprint density at radius 2 is 2.00 bits per heavy atom. The highest BCUT2D eigenvalue weighted by molar-refractivity contribution is 7.71. The zero-order chi connectivity index (χ0) is 16.2. The first-order chi connectivity index (χ1) is 11.2. The number of nitrogens with zero attached hydrogens (tertiary/aromatic N) is 1. The van der Waals surface area contributed by atoms with Crippen molar-refractivity contribution in [2.24, 2.45) is 5.10 Å². The summed E-state index contributed by atoms with van der Waals surface area (Å²) >= 11 is 5.02. The normalized spacial score (nSPS) is 11.0. The minimum absolute atomic E-state index is 0.307. The largest absolute Gasteiger partial charge is 0.496 e. The molecule has 2 aromatic carbocycles. The van der Waals surface area contributed by atoms with Crippen molar-refractivity contribution in [3.8, 4) is 5.75 Å². The van der Waals surface area contributed by atoms with Gasteiger partial charge in [0.25, 0.3) is 5.91 Å². The van der Waals surface area contributed by atoms with Crippen LogP contribution in [0.15, 0.2) is 47.6 Å². The van der Waals surface area contributed by atoms with E-state index in [0.717, 1.165) is 16.6 Å². The number of H-pyrrole nitrogens is 2. The van der Waals surface area contributed by atoms with Crippen molar-refractivity contribution in [1.29, 1.82) is 0 Å². The molecule has 6 nitrogen and oxygen atoms in total. The predicted octanol–water partition coefficient (Wildman–Crippen LogP) is 3.00. The number of imidazole rings is 1. The fourth-order valence-corrected chi connectivity index (χ4v) is 2.39. The van der Waals surface area contributed by atoms with Gasteiger partial charge in [-0.2, -0.15) is 5.10 Å². The molecule has 1 amide bonds. The highest BCUT2D eigenvalue weighted by Crippen LogP contribution is 2.15. The van der Waals surface area contributed by atoms with Crippen LogP contribution in [0, 0.1) is 4.77 Å². The van der Waals surface area contributed by atoms with E-state index in [1.165, 1.54) is 0 Å². The number of nitrogens with one attached hydrogen (secondary N) is 3. The number of hydrazone groups is 1. The molecule has 0 spiro atoms. The van der Waals surface area contributed by atoms with Gasteiger partial charge in [0.05, 0.1) is 24.4 Å². The summed E-state index contributed by atoms with van der Waals surface area (Å²) in [4.78, 5) is 18.1. The lowest BCUT2D eigenvalue weighted by Gasteiger charge is -2.03. The summed E-state index contributed by atoms with van der Waals surface area (Å²) in [6, 6.07) is 12.6. The summed E-state index contributed by atoms with van der Waals surface area (Å²) in [5, 5.41) is 3.97.